The SMILES string of the molecule is CC(N)c1ccc2c(c1)ncn2-c1cccc(-c2cccc(C#N)c2)n1. The van der Waals surface area contributed by atoms with Crippen molar-refractivity contribution in [1.82, 2.24) is 14.5 Å². The minimum atomic E-state index is -0.0292. The largest absolute Gasteiger partial charge is 0.324 e. The molecule has 5 heteroatoms. The number of hydrogen-bond donors (Lipinski definition) is 1. The zero-order valence-corrected chi connectivity index (χ0v) is 14.3. The number of nitriles is 1. The van der Waals surface area contributed by atoms with Crippen LogP contribution in [0.3, 0.4) is 0 Å². The van der Waals surface area contributed by atoms with Gasteiger partial charge in [-0.3, -0.25) is 4.57 Å². The van der Waals surface area contributed by atoms with E-state index >= 15 is 0 Å². The van der Waals surface area contributed by atoms with Crippen molar-refractivity contribution in [3.05, 3.63) is 78.1 Å². The number of imidazole rings is 1. The number of nitrogens with two attached hydrogens (primary N) is 1. The standard InChI is InChI=1S/C21H17N5/c1-14(23)16-8-9-20-19(11-16)24-13-26(20)21-7-3-6-18(25-21)17-5-2-4-15(10-17)12-22/h2-11,13-14H,23H2,1H3. The topological polar surface area (TPSA) is 80.5 Å². The maximum Gasteiger partial charge on any atom is 0.139 e. The number of aromatic nitrogens is 3. The lowest BCUT2D eigenvalue weighted by Crippen LogP contribution is -2.04. The van der Waals surface area contributed by atoms with Gasteiger partial charge in [0, 0.05) is 11.6 Å². The number of rotatable bonds is 3. The molecule has 4 aromatic rings. The average molecular weight is 339 g/mol. The number of fused-ring (bicyclic) bond motifs is 1. The Balaban J connectivity index is 1.79. The van der Waals surface area contributed by atoms with E-state index in [1.165, 1.54) is 0 Å². The zero-order valence-electron chi connectivity index (χ0n) is 14.3. The molecule has 2 aromatic heterocycles. The summed E-state index contributed by atoms with van der Waals surface area (Å²) in [5.41, 5.74) is 11.2. The minimum absolute atomic E-state index is 0.0292. The molecular formula is C21H17N5. The summed E-state index contributed by atoms with van der Waals surface area (Å²) in [6, 6.07) is 21.5. The first kappa shape index (κ1) is 16.0. The summed E-state index contributed by atoms with van der Waals surface area (Å²) >= 11 is 0. The Bertz CT molecular complexity index is 1130. The normalized spacial score (nSPS) is 12.0. The maximum atomic E-state index is 9.10. The minimum Gasteiger partial charge on any atom is -0.324 e. The molecule has 0 aliphatic heterocycles. The van der Waals surface area contributed by atoms with Gasteiger partial charge in [0.25, 0.3) is 0 Å². The molecule has 0 fully saturated rings. The van der Waals surface area contributed by atoms with Crippen molar-refractivity contribution in [3.8, 4) is 23.1 Å². The summed E-state index contributed by atoms with van der Waals surface area (Å²) in [7, 11) is 0. The fraction of sp³-hybridized carbons (Fsp3) is 0.0952. The Hall–Kier alpha value is -3.49. The molecule has 0 saturated carbocycles. The number of pyridine rings is 1. The molecule has 0 aliphatic rings. The molecule has 1 unspecified atom stereocenters. The number of benzene rings is 2. The van der Waals surface area contributed by atoms with Crippen molar-refractivity contribution >= 4 is 11.0 Å². The summed E-state index contributed by atoms with van der Waals surface area (Å²) < 4.78 is 1.96. The van der Waals surface area contributed by atoms with Crippen LogP contribution in [0.25, 0.3) is 28.1 Å². The van der Waals surface area contributed by atoms with E-state index in [1.54, 1.807) is 12.4 Å². The van der Waals surface area contributed by atoms with Gasteiger partial charge in [-0.05, 0) is 48.9 Å². The van der Waals surface area contributed by atoms with Gasteiger partial charge in [-0.1, -0.05) is 24.3 Å². The molecule has 26 heavy (non-hydrogen) atoms. The van der Waals surface area contributed by atoms with E-state index in [9.17, 15) is 0 Å². The van der Waals surface area contributed by atoms with Crippen molar-refractivity contribution in [2.75, 3.05) is 0 Å². The van der Waals surface area contributed by atoms with Gasteiger partial charge < -0.3 is 5.73 Å². The van der Waals surface area contributed by atoms with E-state index in [4.69, 9.17) is 16.0 Å². The Labute approximate surface area is 151 Å². The highest BCUT2D eigenvalue weighted by Crippen LogP contribution is 2.23. The second-order valence-corrected chi connectivity index (χ2v) is 6.23. The van der Waals surface area contributed by atoms with Crippen LogP contribution in [-0.2, 0) is 0 Å². The second-order valence-electron chi connectivity index (χ2n) is 6.23. The smallest absolute Gasteiger partial charge is 0.139 e. The fourth-order valence-electron chi connectivity index (χ4n) is 2.96. The molecule has 2 N–H and O–H groups in total. The Morgan fingerprint density at radius 3 is 2.73 bits per heavy atom. The predicted molar refractivity (Wildman–Crippen MR) is 102 cm³/mol. The first-order chi connectivity index (χ1) is 12.7. The van der Waals surface area contributed by atoms with E-state index in [2.05, 4.69) is 11.1 Å². The highest BCUT2D eigenvalue weighted by Gasteiger charge is 2.09. The summed E-state index contributed by atoms with van der Waals surface area (Å²) in [5, 5.41) is 9.10. The van der Waals surface area contributed by atoms with Crippen molar-refractivity contribution in [1.29, 1.82) is 5.26 Å². The second kappa shape index (κ2) is 6.43. The van der Waals surface area contributed by atoms with Gasteiger partial charge in [0.05, 0.1) is 28.4 Å². The van der Waals surface area contributed by atoms with Crippen molar-refractivity contribution < 1.29 is 0 Å². The lowest BCUT2D eigenvalue weighted by Gasteiger charge is -2.08. The zero-order chi connectivity index (χ0) is 18.1. The maximum absolute atomic E-state index is 9.10. The molecule has 126 valence electrons. The first-order valence-electron chi connectivity index (χ1n) is 8.36. The van der Waals surface area contributed by atoms with Gasteiger partial charge >= 0.3 is 0 Å². The van der Waals surface area contributed by atoms with Crippen LogP contribution in [0.1, 0.15) is 24.1 Å². The molecule has 4 rings (SSSR count). The third kappa shape index (κ3) is 2.83. The van der Waals surface area contributed by atoms with Gasteiger partial charge in [-0.15, -0.1) is 0 Å². The molecule has 0 saturated heterocycles. The summed E-state index contributed by atoms with van der Waals surface area (Å²) in [4.78, 5) is 9.25. The Kier molecular flexibility index (Phi) is 3.96. The van der Waals surface area contributed by atoms with Crippen molar-refractivity contribution in [3.63, 3.8) is 0 Å². The highest BCUT2D eigenvalue weighted by atomic mass is 15.1. The van der Waals surface area contributed by atoms with Crippen molar-refractivity contribution in [2.45, 2.75) is 13.0 Å². The van der Waals surface area contributed by atoms with Crippen LogP contribution < -0.4 is 5.73 Å². The van der Waals surface area contributed by atoms with Crippen LogP contribution in [0.2, 0.25) is 0 Å². The molecule has 1 atom stereocenters. The van der Waals surface area contributed by atoms with E-state index in [-0.39, 0.29) is 6.04 Å². The molecule has 0 amide bonds. The highest BCUT2D eigenvalue weighted by molar-refractivity contribution is 5.78. The van der Waals surface area contributed by atoms with Crippen LogP contribution >= 0.6 is 0 Å². The average Bonchev–Trinajstić information content (AvgIpc) is 3.11. The third-order valence-corrected chi connectivity index (χ3v) is 4.37. The molecular weight excluding hydrogens is 322 g/mol. The van der Waals surface area contributed by atoms with E-state index in [0.717, 1.165) is 33.7 Å². The Morgan fingerprint density at radius 1 is 1.08 bits per heavy atom. The van der Waals surface area contributed by atoms with Crippen LogP contribution in [0.15, 0.2) is 67.0 Å². The monoisotopic (exact) mass is 339 g/mol. The predicted octanol–water partition coefficient (Wildman–Crippen LogP) is 3.98. The molecule has 0 aliphatic carbocycles. The number of hydrogen-bond acceptors (Lipinski definition) is 4. The molecule has 2 heterocycles. The van der Waals surface area contributed by atoms with Gasteiger partial charge in [-0.25, -0.2) is 9.97 Å². The van der Waals surface area contributed by atoms with Crippen LogP contribution in [0.4, 0.5) is 0 Å². The lowest BCUT2D eigenvalue weighted by atomic mass is 10.1. The van der Waals surface area contributed by atoms with Crippen molar-refractivity contribution in [2.24, 2.45) is 5.73 Å². The Morgan fingerprint density at radius 2 is 1.92 bits per heavy atom. The molecule has 5 nitrogen and oxygen atoms in total. The fourth-order valence-corrected chi connectivity index (χ4v) is 2.96. The molecule has 0 radical (unpaired) electrons. The van der Waals surface area contributed by atoms with Gasteiger partial charge in [0.15, 0.2) is 0 Å². The van der Waals surface area contributed by atoms with E-state index < -0.39 is 0 Å². The van der Waals surface area contributed by atoms with Gasteiger partial charge in [-0.2, -0.15) is 5.26 Å². The number of nitrogens with zero attached hydrogens (tertiary/aromatic N) is 4. The van der Waals surface area contributed by atoms with Crippen LogP contribution in [0.5, 0.6) is 0 Å². The quantitative estimate of drug-likeness (QED) is 0.612. The lowest BCUT2D eigenvalue weighted by molar-refractivity contribution is 0.819. The molecule has 2 aromatic carbocycles. The van der Waals surface area contributed by atoms with E-state index in [0.29, 0.717) is 5.56 Å². The summed E-state index contributed by atoms with van der Waals surface area (Å²) in [6.45, 7) is 1.96. The van der Waals surface area contributed by atoms with Crippen LogP contribution in [-0.4, -0.2) is 14.5 Å². The first-order valence-corrected chi connectivity index (χ1v) is 8.36. The van der Waals surface area contributed by atoms with Gasteiger partial charge in [0.2, 0.25) is 0 Å². The van der Waals surface area contributed by atoms with Gasteiger partial charge in [0.1, 0.15) is 12.1 Å². The summed E-state index contributed by atoms with van der Waals surface area (Å²) in [6.07, 6.45) is 1.77. The molecule has 0 bridgehead atoms. The molecule has 0 spiro atoms. The summed E-state index contributed by atoms with van der Waals surface area (Å²) in [5.74, 6) is 0.779. The van der Waals surface area contributed by atoms with E-state index in [1.807, 2.05) is 66.1 Å². The third-order valence-electron chi connectivity index (χ3n) is 4.37. The van der Waals surface area contributed by atoms with Crippen LogP contribution in [0, 0.1) is 11.3 Å².